The number of aliphatic carboxylic acids is 1. The maximum atomic E-state index is 10.6. The number of carboxylic acids is 1. The van der Waals surface area contributed by atoms with E-state index in [1.54, 1.807) is 6.20 Å². The average molecular weight is 290 g/mol. The van der Waals surface area contributed by atoms with Crippen LogP contribution in [0.25, 0.3) is 11.5 Å². The summed E-state index contributed by atoms with van der Waals surface area (Å²) >= 11 is 0. The summed E-state index contributed by atoms with van der Waals surface area (Å²) in [7, 11) is 0. The molecule has 0 unspecified atom stereocenters. The third-order valence-corrected chi connectivity index (χ3v) is 1.78. The van der Waals surface area contributed by atoms with Crippen molar-refractivity contribution in [3.05, 3.63) is 30.3 Å². The molecule has 3 N–H and O–H groups in total. The van der Waals surface area contributed by atoms with E-state index in [-0.39, 0.29) is 6.54 Å². The molecule has 2 aromatic heterocycles. The highest BCUT2D eigenvalue weighted by Gasteiger charge is 2.38. The van der Waals surface area contributed by atoms with Gasteiger partial charge < -0.3 is 15.4 Å². The van der Waals surface area contributed by atoms with Crippen LogP contribution in [-0.4, -0.2) is 32.4 Å². The van der Waals surface area contributed by atoms with Crippen molar-refractivity contribution < 1.29 is 27.6 Å². The molecule has 20 heavy (non-hydrogen) atoms. The van der Waals surface area contributed by atoms with Gasteiger partial charge in [0.1, 0.15) is 5.69 Å². The summed E-state index contributed by atoms with van der Waals surface area (Å²) in [5.74, 6) is -1.87. The smallest absolute Gasteiger partial charge is 0.475 e. The molecule has 0 saturated heterocycles. The number of halogens is 3. The Labute approximate surface area is 110 Å². The van der Waals surface area contributed by atoms with Gasteiger partial charge in [-0.25, -0.2) is 4.79 Å². The predicted octanol–water partition coefficient (Wildman–Crippen LogP) is 1.22. The van der Waals surface area contributed by atoms with Crippen LogP contribution < -0.4 is 5.73 Å². The summed E-state index contributed by atoms with van der Waals surface area (Å²) in [6.07, 6.45) is -3.41. The molecule has 0 aliphatic rings. The number of nitrogens with two attached hydrogens (primary N) is 1. The van der Waals surface area contributed by atoms with E-state index in [9.17, 15) is 13.2 Å². The first kappa shape index (κ1) is 15.6. The molecule has 0 aliphatic heterocycles. The van der Waals surface area contributed by atoms with Crippen LogP contribution in [0.15, 0.2) is 28.9 Å². The summed E-state index contributed by atoms with van der Waals surface area (Å²) in [4.78, 5) is 17.0. The molecular formula is C10H9F3N4O3. The standard InChI is InChI=1S/C8H8N4O.C2HF3O2/c9-5-7-11-8(12-13-7)6-3-1-2-4-10-6;3-2(4,5)1(6)7/h1-4H,5,9H2;(H,6,7). The summed E-state index contributed by atoms with van der Waals surface area (Å²) in [6.45, 7) is 0.250. The third kappa shape index (κ3) is 4.65. The number of hydrogen-bond acceptors (Lipinski definition) is 6. The minimum atomic E-state index is -5.08. The van der Waals surface area contributed by atoms with Gasteiger partial charge in [0.25, 0.3) is 0 Å². The SMILES string of the molecule is NCc1nc(-c2ccccn2)no1.O=C(O)C(F)(F)F. The summed E-state index contributed by atoms with van der Waals surface area (Å²) in [5, 5.41) is 10.9. The van der Waals surface area contributed by atoms with Crippen LogP contribution in [0.5, 0.6) is 0 Å². The topological polar surface area (TPSA) is 115 Å². The zero-order valence-corrected chi connectivity index (χ0v) is 9.83. The molecule has 0 amide bonds. The lowest BCUT2D eigenvalue weighted by Crippen LogP contribution is -2.21. The minimum absolute atomic E-state index is 0.250. The van der Waals surface area contributed by atoms with Gasteiger partial charge >= 0.3 is 12.1 Å². The molecule has 2 heterocycles. The summed E-state index contributed by atoms with van der Waals surface area (Å²) in [6, 6.07) is 5.50. The summed E-state index contributed by atoms with van der Waals surface area (Å²) in [5.41, 5.74) is 6.01. The number of aromatic nitrogens is 3. The second-order valence-corrected chi connectivity index (χ2v) is 3.23. The molecule has 0 fully saturated rings. The lowest BCUT2D eigenvalue weighted by Gasteiger charge is -1.93. The fourth-order valence-corrected chi connectivity index (χ4v) is 0.937. The number of hydrogen-bond donors (Lipinski definition) is 2. The highest BCUT2D eigenvalue weighted by Crippen LogP contribution is 2.13. The highest BCUT2D eigenvalue weighted by atomic mass is 19.4. The van der Waals surface area contributed by atoms with Crippen molar-refractivity contribution in [2.75, 3.05) is 0 Å². The van der Waals surface area contributed by atoms with Crippen molar-refractivity contribution in [3.8, 4) is 11.5 Å². The van der Waals surface area contributed by atoms with Gasteiger partial charge in [-0.2, -0.15) is 18.2 Å². The first-order chi connectivity index (χ1) is 9.34. The van der Waals surface area contributed by atoms with Crippen LogP contribution in [0, 0.1) is 0 Å². The Morgan fingerprint density at radius 1 is 1.40 bits per heavy atom. The number of pyridine rings is 1. The zero-order chi connectivity index (χ0) is 15.2. The van der Waals surface area contributed by atoms with Gasteiger partial charge in [0, 0.05) is 6.20 Å². The normalized spacial score (nSPS) is 10.6. The van der Waals surface area contributed by atoms with Crippen molar-refractivity contribution >= 4 is 5.97 Å². The molecule has 0 bridgehead atoms. The monoisotopic (exact) mass is 290 g/mol. The number of carbonyl (C=O) groups is 1. The van der Waals surface area contributed by atoms with E-state index in [2.05, 4.69) is 15.1 Å². The van der Waals surface area contributed by atoms with Crippen molar-refractivity contribution in [3.63, 3.8) is 0 Å². The van der Waals surface area contributed by atoms with Crippen molar-refractivity contribution in [1.82, 2.24) is 15.1 Å². The van der Waals surface area contributed by atoms with Crippen LogP contribution in [0.4, 0.5) is 13.2 Å². The van der Waals surface area contributed by atoms with Crippen LogP contribution in [0.1, 0.15) is 5.89 Å². The van der Waals surface area contributed by atoms with Gasteiger partial charge in [-0.3, -0.25) is 4.98 Å². The molecule has 0 spiro atoms. The fourth-order valence-electron chi connectivity index (χ4n) is 0.937. The first-order valence-electron chi connectivity index (χ1n) is 5.08. The van der Waals surface area contributed by atoms with Crippen LogP contribution in [0.3, 0.4) is 0 Å². The maximum Gasteiger partial charge on any atom is 0.490 e. The van der Waals surface area contributed by atoms with Gasteiger partial charge in [0.05, 0.1) is 6.54 Å². The first-order valence-corrected chi connectivity index (χ1v) is 5.08. The molecule has 2 rings (SSSR count). The van der Waals surface area contributed by atoms with E-state index < -0.39 is 12.1 Å². The Balaban J connectivity index is 0.000000246. The quantitative estimate of drug-likeness (QED) is 0.854. The van der Waals surface area contributed by atoms with Gasteiger partial charge in [-0.05, 0) is 12.1 Å². The number of nitrogens with zero attached hydrogens (tertiary/aromatic N) is 3. The molecular weight excluding hydrogens is 281 g/mol. The Morgan fingerprint density at radius 2 is 2.05 bits per heavy atom. The van der Waals surface area contributed by atoms with Gasteiger partial charge in [0.2, 0.25) is 11.7 Å². The van der Waals surface area contributed by atoms with E-state index in [0.717, 1.165) is 0 Å². The highest BCUT2D eigenvalue weighted by molar-refractivity contribution is 5.73. The summed E-state index contributed by atoms with van der Waals surface area (Å²) < 4.78 is 36.6. The van der Waals surface area contributed by atoms with Gasteiger partial charge in [-0.1, -0.05) is 11.2 Å². The molecule has 0 aliphatic carbocycles. The van der Waals surface area contributed by atoms with Crippen LogP contribution in [-0.2, 0) is 11.3 Å². The molecule has 0 saturated carbocycles. The van der Waals surface area contributed by atoms with E-state index in [1.165, 1.54) is 0 Å². The Morgan fingerprint density at radius 3 is 2.45 bits per heavy atom. The number of alkyl halides is 3. The molecule has 0 atom stereocenters. The van der Waals surface area contributed by atoms with Crippen LogP contribution in [0.2, 0.25) is 0 Å². The van der Waals surface area contributed by atoms with E-state index in [4.69, 9.17) is 20.2 Å². The molecule has 108 valence electrons. The second-order valence-electron chi connectivity index (χ2n) is 3.23. The van der Waals surface area contributed by atoms with Gasteiger partial charge in [-0.15, -0.1) is 0 Å². The Hall–Kier alpha value is -2.49. The van der Waals surface area contributed by atoms with Crippen LogP contribution >= 0.6 is 0 Å². The second kappa shape index (κ2) is 6.61. The Bertz CT molecular complexity index is 556. The third-order valence-electron chi connectivity index (χ3n) is 1.78. The number of rotatable bonds is 2. The number of carboxylic acid groups (broad SMARTS) is 1. The largest absolute Gasteiger partial charge is 0.490 e. The zero-order valence-electron chi connectivity index (χ0n) is 9.83. The fraction of sp³-hybridized carbons (Fsp3) is 0.200. The van der Waals surface area contributed by atoms with Gasteiger partial charge in [0.15, 0.2) is 0 Å². The minimum Gasteiger partial charge on any atom is -0.475 e. The molecule has 7 nitrogen and oxygen atoms in total. The van der Waals surface area contributed by atoms with E-state index in [0.29, 0.717) is 17.4 Å². The van der Waals surface area contributed by atoms with Crippen molar-refractivity contribution in [2.24, 2.45) is 5.73 Å². The molecule has 2 aromatic rings. The molecule has 0 aromatic carbocycles. The Kier molecular flexibility index (Phi) is 5.15. The molecule has 10 heteroatoms. The predicted molar refractivity (Wildman–Crippen MR) is 59.1 cm³/mol. The van der Waals surface area contributed by atoms with E-state index in [1.807, 2.05) is 18.2 Å². The van der Waals surface area contributed by atoms with Crippen molar-refractivity contribution in [2.45, 2.75) is 12.7 Å². The lowest BCUT2D eigenvalue weighted by atomic mass is 10.3. The van der Waals surface area contributed by atoms with Crippen molar-refractivity contribution in [1.29, 1.82) is 0 Å². The maximum absolute atomic E-state index is 10.6. The average Bonchev–Trinajstić information content (AvgIpc) is 2.88. The lowest BCUT2D eigenvalue weighted by molar-refractivity contribution is -0.192. The molecule has 0 radical (unpaired) electrons. The van der Waals surface area contributed by atoms with E-state index >= 15 is 0 Å².